The normalized spacial score (nSPS) is 11.7. The maximum atomic E-state index is 2.33. The highest BCUT2D eigenvalue weighted by Crippen LogP contribution is 2.50. The molecule has 10 rings (SSSR count). The van der Waals surface area contributed by atoms with Gasteiger partial charge in [0.05, 0.1) is 11.8 Å². The summed E-state index contributed by atoms with van der Waals surface area (Å²) in [5, 5.41) is 9.95. The molecule has 0 nitrogen and oxygen atoms in total. The van der Waals surface area contributed by atoms with Crippen LogP contribution >= 0.6 is 0 Å². The number of rotatable bonds is 7. The molecular formula is C54H36. The standard InChI is InChI=1S/C54H36/c1-5-21-37(22-6-1)49(38-23-7-2-8-24-38)51-41-29-13-17-33-45(41)53(46-34-18-14-30-42(46)51)54-47-35-19-15-31-43(47)52(44-32-16-20-36-48(44)54)50(39-25-9-3-10-26-39)40-27-11-4-12-28-40/h1-36H. The van der Waals surface area contributed by atoms with Gasteiger partial charge in [-0.2, -0.15) is 0 Å². The molecule has 0 unspecified atom stereocenters. The topological polar surface area (TPSA) is 0 Å². The van der Waals surface area contributed by atoms with Crippen molar-refractivity contribution in [3.8, 4) is 11.1 Å². The average Bonchev–Trinajstić information content (AvgIpc) is 3.25. The molecule has 2 radical (unpaired) electrons. The molecule has 0 saturated heterocycles. The first kappa shape index (κ1) is 31.9. The van der Waals surface area contributed by atoms with Crippen LogP contribution in [0.1, 0.15) is 33.4 Å². The van der Waals surface area contributed by atoms with Gasteiger partial charge in [0.2, 0.25) is 0 Å². The highest BCUT2D eigenvalue weighted by Gasteiger charge is 2.29. The fourth-order valence-corrected chi connectivity index (χ4v) is 8.66. The quantitative estimate of drug-likeness (QED) is 0.116. The zero-order valence-electron chi connectivity index (χ0n) is 29.8. The lowest BCUT2D eigenvalue weighted by Crippen LogP contribution is -2.08. The third-order valence-corrected chi connectivity index (χ3v) is 10.9. The van der Waals surface area contributed by atoms with Crippen LogP contribution < -0.4 is 0 Å². The number of hydrogen-bond acceptors (Lipinski definition) is 0. The van der Waals surface area contributed by atoms with Crippen LogP contribution in [0.25, 0.3) is 54.2 Å². The van der Waals surface area contributed by atoms with Gasteiger partial charge in [-0.3, -0.25) is 0 Å². The largest absolute Gasteiger partial charge is 0.0641 e. The van der Waals surface area contributed by atoms with E-state index in [0.717, 1.165) is 0 Å². The Bertz CT molecular complexity index is 2510. The molecule has 252 valence electrons. The molecule has 0 N–H and O–H groups in total. The smallest absolute Gasteiger partial charge is 0.0622 e. The predicted molar refractivity (Wildman–Crippen MR) is 229 cm³/mol. The molecule has 10 aromatic carbocycles. The minimum atomic E-state index is 1.21. The van der Waals surface area contributed by atoms with Crippen molar-refractivity contribution < 1.29 is 0 Å². The molecule has 0 aliphatic heterocycles. The first-order chi connectivity index (χ1) is 26.9. The second-order valence-corrected chi connectivity index (χ2v) is 13.9. The van der Waals surface area contributed by atoms with Gasteiger partial charge in [0, 0.05) is 0 Å². The molecule has 0 heteroatoms. The lowest BCUT2D eigenvalue weighted by atomic mass is 9.75. The Morgan fingerprint density at radius 2 is 0.370 bits per heavy atom. The van der Waals surface area contributed by atoms with Crippen LogP contribution in [0.3, 0.4) is 0 Å². The van der Waals surface area contributed by atoms with Gasteiger partial charge < -0.3 is 0 Å². The summed E-state index contributed by atoms with van der Waals surface area (Å²) < 4.78 is 0. The maximum absolute atomic E-state index is 2.33. The van der Waals surface area contributed by atoms with E-state index in [1.165, 1.54) is 99.4 Å². The van der Waals surface area contributed by atoms with Crippen LogP contribution in [-0.2, 0) is 0 Å². The van der Waals surface area contributed by atoms with Crippen LogP contribution in [0, 0.1) is 11.8 Å². The van der Waals surface area contributed by atoms with E-state index in [1.807, 2.05) is 0 Å². The highest BCUT2D eigenvalue weighted by atomic mass is 14.3. The first-order valence-electron chi connectivity index (χ1n) is 18.7. The van der Waals surface area contributed by atoms with E-state index >= 15 is 0 Å². The molecule has 0 fully saturated rings. The summed E-state index contributed by atoms with van der Waals surface area (Å²) in [5.41, 5.74) is 9.88. The van der Waals surface area contributed by atoms with Gasteiger partial charge in [-0.05, 0) is 87.6 Å². The van der Waals surface area contributed by atoms with E-state index in [-0.39, 0.29) is 0 Å². The van der Waals surface area contributed by atoms with E-state index in [9.17, 15) is 0 Å². The molecule has 0 aromatic heterocycles. The Morgan fingerprint density at radius 3 is 0.593 bits per heavy atom. The average molecular weight is 685 g/mol. The first-order valence-corrected chi connectivity index (χ1v) is 18.7. The summed E-state index contributed by atoms with van der Waals surface area (Å²) in [7, 11) is 0. The summed E-state index contributed by atoms with van der Waals surface area (Å²) >= 11 is 0. The van der Waals surface area contributed by atoms with E-state index in [4.69, 9.17) is 0 Å². The molecule has 0 heterocycles. The number of benzene rings is 10. The summed E-state index contributed by atoms with van der Waals surface area (Å²) in [6.07, 6.45) is 0. The summed E-state index contributed by atoms with van der Waals surface area (Å²) in [6, 6.07) is 79.7. The van der Waals surface area contributed by atoms with E-state index < -0.39 is 0 Å². The van der Waals surface area contributed by atoms with Gasteiger partial charge in [-0.1, -0.05) is 218 Å². The third kappa shape index (κ3) is 5.30. The SMILES string of the molecule is c1ccc([C](c2ccccc2)c2c3ccccc3c(-c3c4ccccc4c([C](c4ccccc4)c4ccccc4)c4ccccc34)c3ccccc23)cc1. The monoisotopic (exact) mass is 684 g/mol. The molecule has 0 amide bonds. The molecule has 0 atom stereocenters. The summed E-state index contributed by atoms with van der Waals surface area (Å²) in [5.74, 6) is 2.48. The van der Waals surface area contributed by atoms with Crippen molar-refractivity contribution in [2.24, 2.45) is 0 Å². The summed E-state index contributed by atoms with van der Waals surface area (Å²) in [6.45, 7) is 0. The van der Waals surface area contributed by atoms with Crippen molar-refractivity contribution in [1.82, 2.24) is 0 Å². The van der Waals surface area contributed by atoms with Crippen LogP contribution in [-0.4, -0.2) is 0 Å². The molecule has 0 aliphatic carbocycles. The number of fused-ring (bicyclic) bond motifs is 4. The van der Waals surface area contributed by atoms with Gasteiger partial charge in [0.25, 0.3) is 0 Å². The van der Waals surface area contributed by atoms with Crippen LogP contribution in [0.2, 0.25) is 0 Å². The predicted octanol–water partition coefficient (Wildman–Crippen LogP) is 14.0. The van der Waals surface area contributed by atoms with E-state index in [1.54, 1.807) is 0 Å². The van der Waals surface area contributed by atoms with Crippen molar-refractivity contribution in [3.63, 3.8) is 0 Å². The Morgan fingerprint density at radius 1 is 0.185 bits per heavy atom. The van der Waals surface area contributed by atoms with E-state index in [2.05, 4.69) is 218 Å². The fourth-order valence-electron chi connectivity index (χ4n) is 8.66. The van der Waals surface area contributed by atoms with Crippen molar-refractivity contribution in [1.29, 1.82) is 0 Å². The molecule has 0 bridgehead atoms. The second kappa shape index (κ2) is 13.7. The van der Waals surface area contributed by atoms with Gasteiger partial charge in [-0.15, -0.1) is 0 Å². The fraction of sp³-hybridized carbons (Fsp3) is 0. The van der Waals surface area contributed by atoms with Crippen LogP contribution in [0.4, 0.5) is 0 Å². The van der Waals surface area contributed by atoms with Gasteiger partial charge in [-0.25, -0.2) is 0 Å². The molecule has 10 aromatic rings. The van der Waals surface area contributed by atoms with Crippen molar-refractivity contribution >= 4 is 43.1 Å². The molecule has 0 saturated carbocycles. The van der Waals surface area contributed by atoms with Gasteiger partial charge in [0.1, 0.15) is 0 Å². The second-order valence-electron chi connectivity index (χ2n) is 13.9. The van der Waals surface area contributed by atoms with E-state index in [0.29, 0.717) is 0 Å². The zero-order chi connectivity index (χ0) is 35.8. The number of hydrogen-bond donors (Lipinski definition) is 0. The van der Waals surface area contributed by atoms with Crippen molar-refractivity contribution in [2.75, 3.05) is 0 Å². The van der Waals surface area contributed by atoms with Crippen molar-refractivity contribution in [2.45, 2.75) is 0 Å². The Labute approximate surface area is 316 Å². The maximum Gasteiger partial charge on any atom is 0.0641 e. The lowest BCUT2D eigenvalue weighted by Gasteiger charge is -2.27. The van der Waals surface area contributed by atoms with Crippen LogP contribution in [0.5, 0.6) is 0 Å². The Hall–Kier alpha value is -6.76. The molecule has 0 spiro atoms. The molecule has 54 heavy (non-hydrogen) atoms. The van der Waals surface area contributed by atoms with Gasteiger partial charge >= 0.3 is 0 Å². The summed E-state index contributed by atoms with van der Waals surface area (Å²) in [4.78, 5) is 0. The molecular weight excluding hydrogens is 649 g/mol. The van der Waals surface area contributed by atoms with Crippen LogP contribution in [0.15, 0.2) is 218 Å². The Balaban J connectivity index is 1.35. The molecule has 0 aliphatic rings. The highest BCUT2D eigenvalue weighted by molar-refractivity contribution is 6.26. The van der Waals surface area contributed by atoms with Crippen molar-refractivity contribution in [3.05, 3.63) is 264 Å². The minimum Gasteiger partial charge on any atom is -0.0622 e. The third-order valence-electron chi connectivity index (χ3n) is 10.9. The minimum absolute atomic E-state index is 1.21. The Kier molecular flexibility index (Phi) is 8.08. The van der Waals surface area contributed by atoms with Gasteiger partial charge in [0.15, 0.2) is 0 Å². The zero-order valence-corrected chi connectivity index (χ0v) is 29.8. The lowest BCUT2D eigenvalue weighted by molar-refractivity contribution is 1.26.